The molecule has 0 spiro atoms. The fourth-order valence-electron chi connectivity index (χ4n) is 6.13. The molecule has 2 unspecified atom stereocenters. The SMILES string of the molecule is C=Ic1cc(CCC2CC(O)=C(Cc3nc4nc(C)cc(C)n4n3)C(=O)OC2C2CCCC2)ccc1CNC(C)=O. The Morgan fingerprint density at radius 1 is 1.22 bits per heavy atom. The highest BCUT2D eigenvalue weighted by Crippen LogP contribution is 2.39. The van der Waals surface area contributed by atoms with Gasteiger partial charge in [-0.3, -0.25) is 4.79 Å². The molecular weight excluding hydrogens is 633 g/mol. The van der Waals surface area contributed by atoms with Crippen LogP contribution in [0.3, 0.4) is 0 Å². The number of halogens is 1. The van der Waals surface area contributed by atoms with Crippen molar-refractivity contribution in [2.24, 2.45) is 11.8 Å². The second-order valence-corrected chi connectivity index (χ2v) is 13.2. The number of fused-ring (bicyclic) bond motifs is 1. The molecule has 1 aliphatic carbocycles. The van der Waals surface area contributed by atoms with Gasteiger partial charge in [0.1, 0.15) is 11.9 Å². The highest BCUT2D eigenvalue weighted by molar-refractivity contribution is 14.2. The zero-order chi connectivity index (χ0) is 29.1. The van der Waals surface area contributed by atoms with Gasteiger partial charge < -0.3 is 15.2 Å². The molecule has 0 radical (unpaired) electrons. The number of hydrogen-bond acceptors (Lipinski definition) is 7. The van der Waals surface area contributed by atoms with Gasteiger partial charge in [0.05, 0.1) is 5.57 Å². The molecule has 41 heavy (non-hydrogen) atoms. The van der Waals surface area contributed by atoms with Gasteiger partial charge in [-0.1, -0.05) is 50.2 Å². The molecule has 1 saturated carbocycles. The minimum atomic E-state index is -0.465. The van der Waals surface area contributed by atoms with E-state index < -0.39 is 26.7 Å². The van der Waals surface area contributed by atoms with Crippen molar-refractivity contribution in [3.8, 4) is 0 Å². The number of hydrogen-bond donors (Lipinski definition) is 2. The van der Waals surface area contributed by atoms with Crippen molar-refractivity contribution in [3.05, 3.63) is 67.5 Å². The summed E-state index contributed by atoms with van der Waals surface area (Å²) in [6, 6.07) is 8.33. The highest BCUT2D eigenvalue weighted by Gasteiger charge is 2.39. The number of nitrogens with zero attached hydrogens (tertiary/aromatic N) is 4. The molecule has 10 heteroatoms. The van der Waals surface area contributed by atoms with Gasteiger partial charge in [0.25, 0.3) is 5.78 Å². The lowest BCUT2D eigenvalue weighted by Gasteiger charge is -2.29. The molecular formula is C31H38IN5O4. The van der Waals surface area contributed by atoms with Crippen LogP contribution in [0.1, 0.15) is 73.8 Å². The predicted octanol–water partition coefficient (Wildman–Crippen LogP) is 5.06. The van der Waals surface area contributed by atoms with Gasteiger partial charge in [-0.05, 0) is 68.7 Å². The average molecular weight is 672 g/mol. The number of amides is 1. The number of cyclic esters (lactones) is 1. The van der Waals surface area contributed by atoms with Gasteiger partial charge in [-0.2, -0.15) is 4.98 Å². The number of aryl methyl sites for hydroxylation is 3. The third kappa shape index (κ3) is 6.85. The first-order valence-electron chi connectivity index (χ1n) is 14.3. The number of rotatable bonds is 9. The molecule has 2 atom stereocenters. The van der Waals surface area contributed by atoms with Crippen molar-refractivity contribution < 1.29 is 19.4 Å². The monoisotopic (exact) mass is 671 g/mol. The van der Waals surface area contributed by atoms with Crippen LogP contribution in [0.4, 0.5) is 0 Å². The first-order chi connectivity index (χ1) is 19.7. The first kappa shape index (κ1) is 29.3. The molecule has 1 aromatic carbocycles. The average Bonchev–Trinajstić information content (AvgIpc) is 3.59. The van der Waals surface area contributed by atoms with E-state index in [4.69, 9.17) is 4.74 Å². The van der Waals surface area contributed by atoms with E-state index in [9.17, 15) is 14.7 Å². The zero-order valence-electron chi connectivity index (χ0n) is 24.0. The molecule has 0 saturated heterocycles. The lowest BCUT2D eigenvalue weighted by molar-refractivity contribution is -0.150. The van der Waals surface area contributed by atoms with Crippen LogP contribution in [0.25, 0.3) is 5.78 Å². The Morgan fingerprint density at radius 3 is 2.73 bits per heavy atom. The first-order valence-corrected chi connectivity index (χ1v) is 16.9. The number of esters is 1. The molecule has 3 heterocycles. The van der Waals surface area contributed by atoms with Crippen LogP contribution in [0.2, 0.25) is 0 Å². The molecule has 5 rings (SSSR count). The van der Waals surface area contributed by atoms with Crippen LogP contribution in [0.5, 0.6) is 0 Å². The van der Waals surface area contributed by atoms with E-state index in [1.165, 1.54) is 16.1 Å². The summed E-state index contributed by atoms with van der Waals surface area (Å²) in [5, 5.41) is 18.7. The van der Waals surface area contributed by atoms with Gasteiger partial charge in [0.2, 0.25) is 5.91 Å². The number of carbonyl (C=O) groups is 2. The van der Waals surface area contributed by atoms with Gasteiger partial charge in [-0.15, -0.1) is 5.10 Å². The minimum absolute atomic E-state index is 0.0112. The number of aliphatic hydroxyl groups is 1. The summed E-state index contributed by atoms with van der Waals surface area (Å²) < 4.78 is 13.3. The molecule has 0 bridgehead atoms. The Morgan fingerprint density at radius 2 is 2.00 bits per heavy atom. The third-order valence-corrected chi connectivity index (χ3v) is 10.0. The van der Waals surface area contributed by atoms with E-state index in [0.29, 0.717) is 30.5 Å². The van der Waals surface area contributed by atoms with Crippen LogP contribution < -0.4 is 5.32 Å². The highest BCUT2D eigenvalue weighted by atomic mass is 127. The molecule has 2 N–H and O–H groups in total. The van der Waals surface area contributed by atoms with Crippen LogP contribution in [-0.2, 0) is 33.7 Å². The van der Waals surface area contributed by atoms with Crippen molar-refractivity contribution in [3.63, 3.8) is 0 Å². The van der Waals surface area contributed by atoms with Gasteiger partial charge in [0.15, 0.2) is 5.82 Å². The molecule has 218 valence electrons. The summed E-state index contributed by atoms with van der Waals surface area (Å²) in [4.78, 5) is 33.8. The Kier molecular flexibility index (Phi) is 9.16. The number of ether oxygens (including phenoxy) is 1. The molecule has 1 amide bonds. The van der Waals surface area contributed by atoms with E-state index in [2.05, 4.69) is 43.1 Å². The lowest BCUT2D eigenvalue weighted by atomic mass is 9.83. The number of aliphatic hydroxyl groups excluding tert-OH is 1. The molecule has 2 aromatic heterocycles. The second kappa shape index (κ2) is 12.8. The Balaban J connectivity index is 1.36. The largest absolute Gasteiger partial charge is 0.512 e. The lowest BCUT2D eigenvalue weighted by Crippen LogP contribution is -2.32. The second-order valence-electron chi connectivity index (χ2n) is 11.3. The summed E-state index contributed by atoms with van der Waals surface area (Å²) in [5.41, 5.74) is 4.31. The Labute approximate surface area is 250 Å². The maximum atomic E-state index is 13.4. The zero-order valence-corrected chi connectivity index (χ0v) is 26.1. The Bertz CT molecular complexity index is 1510. The molecule has 9 nitrogen and oxygen atoms in total. The van der Waals surface area contributed by atoms with Gasteiger partial charge in [-0.25, -0.2) is 14.3 Å². The summed E-state index contributed by atoms with van der Waals surface area (Å²) in [6.07, 6.45) is 6.22. The smallest absolute Gasteiger partial charge is 0.338 e. The fourth-order valence-corrected chi connectivity index (χ4v) is 7.61. The quantitative estimate of drug-likeness (QED) is 0.241. The van der Waals surface area contributed by atoms with Crippen molar-refractivity contribution in [2.75, 3.05) is 0 Å². The predicted molar refractivity (Wildman–Crippen MR) is 166 cm³/mol. The van der Waals surface area contributed by atoms with Crippen LogP contribution in [-0.4, -0.2) is 47.2 Å². The number of aromatic nitrogens is 4. The molecule has 1 aliphatic heterocycles. The summed E-state index contributed by atoms with van der Waals surface area (Å²) >= 11 is -0.402. The van der Waals surface area contributed by atoms with E-state index in [1.807, 2.05) is 19.9 Å². The number of nitrogens with one attached hydrogen (secondary N) is 1. The molecule has 2 aliphatic rings. The molecule has 3 aromatic rings. The Hall–Kier alpha value is -3.15. The third-order valence-electron chi connectivity index (χ3n) is 8.21. The normalized spacial score (nSPS) is 19.9. The van der Waals surface area contributed by atoms with Crippen LogP contribution in [0, 0.1) is 29.3 Å². The minimum Gasteiger partial charge on any atom is -0.512 e. The topological polar surface area (TPSA) is 119 Å². The number of benzene rings is 1. The van der Waals surface area contributed by atoms with Crippen LogP contribution in [0.15, 0.2) is 35.6 Å². The van der Waals surface area contributed by atoms with E-state index in [-0.39, 0.29) is 35.7 Å². The maximum Gasteiger partial charge on any atom is 0.338 e. The van der Waals surface area contributed by atoms with E-state index >= 15 is 0 Å². The number of carbonyl (C=O) groups excluding carboxylic acids is 2. The standard InChI is InChI=1S/C31H38IN5O4/c1-18-13-19(2)37-31(34-18)35-28(36-37)16-25-27(39)15-23(29(41-30(25)40)22-7-5-6-8-22)11-9-21-10-12-24(17-33-20(3)38)26(14-21)32-4/h10,12-14,22-23,29,39H,4-9,11,15-17H2,1-3H3,(H,33,38). The van der Waals surface area contributed by atoms with E-state index in [1.54, 1.807) is 4.52 Å². The molecule has 1 fully saturated rings. The van der Waals surface area contributed by atoms with Crippen molar-refractivity contribution in [1.29, 1.82) is 0 Å². The van der Waals surface area contributed by atoms with E-state index in [0.717, 1.165) is 55.5 Å². The van der Waals surface area contributed by atoms with Gasteiger partial charge in [0, 0.05) is 47.2 Å². The van der Waals surface area contributed by atoms with Crippen molar-refractivity contribution in [2.45, 2.75) is 84.8 Å². The maximum absolute atomic E-state index is 13.4. The summed E-state index contributed by atoms with van der Waals surface area (Å²) in [7, 11) is 0. The van der Waals surface area contributed by atoms with Gasteiger partial charge >= 0.3 is 5.97 Å². The van der Waals surface area contributed by atoms with Crippen molar-refractivity contribution in [1.82, 2.24) is 24.9 Å². The summed E-state index contributed by atoms with van der Waals surface area (Å²) in [5.74, 6) is 0.799. The van der Waals surface area contributed by atoms with Crippen molar-refractivity contribution >= 4 is 42.9 Å². The fraction of sp³-hybridized carbons (Fsp3) is 0.484. The van der Waals surface area contributed by atoms with Crippen LogP contribution >= 0.6 is 20.7 Å². The number of allylic oxidation sites excluding steroid dienone is 1. The summed E-state index contributed by atoms with van der Waals surface area (Å²) in [6.45, 7) is 5.88.